The summed E-state index contributed by atoms with van der Waals surface area (Å²) in [5, 5.41) is 1.33. The minimum absolute atomic E-state index is 0. The van der Waals surface area contributed by atoms with Gasteiger partial charge in [-0.25, -0.2) is 0 Å². The third kappa shape index (κ3) is 6.30. The maximum absolute atomic E-state index is 2.61. The summed E-state index contributed by atoms with van der Waals surface area (Å²) >= 11 is -1.92. The zero-order chi connectivity index (χ0) is 28.7. The van der Waals surface area contributed by atoms with Crippen LogP contribution >= 0.6 is 0 Å². The van der Waals surface area contributed by atoms with Crippen molar-refractivity contribution in [1.82, 2.24) is 0 Å². The van der Waals surface area contributed by atoms with E-state index in [1.165, 1.54) is 16.4 Å². The molecule has 2 aromatic rings. The molecule has 0 spiro atoms. The van der Waals surface area contributed by atoms with Gasteiger partial charge in [0.15, 0.2) is 0 Å². The van der Waals surface area contributed by atoms with E-state index in [4.69, 9.17) is 0 Å². The smallest absolute Gasteiger partial charge is 0.412 e. The van der Waals surface area contributed by atoms with Crippen molar-refractivity contribution >= 4 is 23.1 Å². The van der Waals surface area contributed by atoms with Crippen molar-refractivity contribution in [1.29, 1.82) is 0 Å². The fourth-order valence-corrected chi connectivity index (χ4v) is 15.9. The summed E-state index contributed by atoms with van der Waals surface area (Å²) < 4.78 is 3.55. The summed E-state index contributed by atoms with van der Waals surface area (Å²) in [5.74, 6) is 0. The molecule has 2 aromatic carbocycles. The van der Waals surface area contributed by atoms with Gasteiger partial charge in [0.05, 0.1) is 0 Å². The molecule has 1 heterocycles. The van der Waals surface area contributed by atoms with Gasteiger partial charge >= 0.3 is 236 Å². The predicted molar refractivity (Wildman–Crippen MR) is 173 cm³/mol. The van der Waals surface area contributed by atoms with Gasteiger partial charge in [-0.3, -0.25) is 0 Å². The molecule has 2 N–H and O–H groups in total. The Morgan fingerprint density at radius 1 is 0.500 bits per heavy atom. The SMILES string of the molecule is CC(C)(C)c1cc(C(C)(C)C)[c]([Ge]2[CH2]C(C)(C)c3cc(C(C)(C)C)cc(C(C)(C)C)[c]32)c(C(C)(C)C)c1.O. The normalized spacial score (nSPS) is 16.9. The molecular weight excluding hydrogens is 521 g/mol. The first kappa shape index (κ1) is 33.2. The van der Waals surface area contributed by atoms with Gasteiger partial charge in [-0.1, -0.05) is 0 Å². The van der Waals surface area contributed by atoms with Gasteiger partial charge in [0.1, 0.15) is 0 Å². The van der Waals surface area contributed by atoms with Crippen LogP contribution in [0, 0.1) is 0 Å². The third-order valence-electron chi connectivity index (χ3n) is 8.38. The molecule has 0 fully saturated rings. The van der Waals surface area contributed by atoms with Crippen LogP contribution in [0.1, 0.15) is 151 Å². The third-order valence-corrected chi connectivity index (χ3v) is 15.8. The van der Waals surface area contributed by atoms with Crippen LogP contribution in [0.3, 0.4) is 0 Å². The van der Waals surface area contributed by atoms with Gasteiger partial charge in [0.2, 0.25) is 0 Å². The van der Waals surface area contributed by atoms with Crippen molar-refractivity contribution in [2.45, 2.75) is 155 Å². The molecule has 1 aliphatic heterocycles. The predicted octanol–water partition coefficient (Wildman–Crippen LogP) is 8.25. The van der Waals surface area contributed by atoms with Crippen LogP contribution in [0.5, 0.6) is 0 Å². The molecular formula is C36H59GeO. The number of hydrogen-bond donors (Lipinski definition) is 0. The molecule has 3 rings (SSSR count). The Bertz CT molecular complexity index is 1140. The molecule has 0 amide bonds. The number of rotatable bonds is 1. The van der Waals surface area contributed by atoms with E-state index in [2.05, 4.69) is 142 Å². The van der Waals surface area contributed by atoms with Gasteiger partial charge in [-0.15, -0.1) is 0 Å². The molecule has 0 unspecified atom stereocenters. The van der Waals surface area contributed by atoms with Crippen molar-refractivity contribution in [3.63, 3.8) is 0 Å². The number of benzene rings is 2. The quantitative estimate of drug-likeness (QED) is 0.305. The maximum Gasteiger partial charge on any atom is -0.412 e. The molecule has 0 saturated carbocycles. The van der Waals surface area contributed by atoms with E-state index in [1.807, 2.05) is 0 Å². The number of fused-ring (bicyclic) bond motifs is 1. The first-order valence-corrected chi connectivity index (χ1v) is 18.1. The van der Waals surface area contributed by atoms with Crippen molar-refractivity contribution in [3.8, 4) is 0 Å². The van der Waals surface area contributed by atoms with Gasteiger partial charge < -0.3 is 5.48 Å². The Kier molecular flexibility index (Phi) is 8.54. The van der Waals surface area contributed by atoms with Crippen molar-refractivity contribution < 1.29 is 5.48 Å². The second kappa shape index (κ2) is 9.79. The Labute approximate surface area is 241 Å². The van der Waals surface area contributed by atoms with Crippen LogP contribution in [-0.2, 0) is 32.5 Å². The monoisotopic (exact) mass is 581 g/mol. The molecule has 0 aromatic heterocycles. The first-order valence-electron chi connectivity index (χ1n) is 14.5. The van der Waals surface area contributed by atoms with Crippen molar-refractivity contribution in [2.24, 2.45) is 0 Å². The van der Waals surface area contributed by atoms with Crippen molar-refractivity contribution in [2.75, 3.05) is 0 Å². The van der Waals surface area contributed by atoms with Crippen LogP contribution in [-0.4, -0.2) is 19.8 Å². The zero-order valence-electron chi connectivity index (χ0n) is 28.0. The molecule has 1 aliphatic rings. The zero-order valence-corrected chi connectivity index (χ0v) is 30.1. The maximum atomic E-state index is 2.61. The fraction of sp³-hybridized carbons (Fsp3) is 0.667. The molecule has 1 nitrogen and oxygen atoms in total. The van der Waals surface area contributed by atoms with Gasteiger partial charge in [0.25, 0.3) is 0 Å². The minimum atomic E-state index is -1.92. The van der Waals surface area contributed by atoms with Crippen LogP contribution in [0.25, 0.3) is 0 Å². The molecule has 0 aliphatic carbocycles. The van der Waals surface area contributed by atoms with Crippen LogP contribution in [0.15, 0.2) is 24.3 Å². The molecule has 1 radical (unpaired) electrons. The summed E-state index contributed by atoms with van der Waals surface area (Å²) in [4.78, 5) is 0. The molecule has 0 bridgehead atoms. The Hall–Kier alpha value is -1.06. The summed E-state index contributed by atoms with van der Waals surface area (Å²) in [6, 6.07) is 10.4. The largest absolute Gasteiger partial charge is 0.412 e. The number of hydrogen-bond acceptors (Lipinski definition) is 0. The van der Waals surface area contributed by atoms with Gasteiger partial charge in [0, 0.05) is 0 Å². The molecule has 38 heavy (non-hydrogen) atoms. The van der Waals surface area contributed by atoms with E-state index >= 15 is 0 Å². The fourth-order valence-electron chi connectivity index (χ4n) is 5.95. The topological polar surface area (TPSA) is 31.5 Å². The van der Waals surface area contributed by atoms with E-state index in [1.54, 1.807) is 31.0 Å². The molecule has 0 saturated heterocycles. The van der Waals surface area contributed by atoms with E-state index in [9.17, 15) is 0 Å². The van der Waals surface area contributed by atoms with E-state index in [0.717, 1.165) is 0 Å². The van der Waals surface area contributed by atoms with Crippen molar-refractivity contribution in [3.05, 3.63) is 57.6 Å². The Morgan fingerprint density at radius 2 is 0.816 bits per heavy atom. The van der Waals surface area contributed by atoms with E-state index in [-0.39, 0.29) is 38.0 Å². The molecule has 213 valence electrons. The summed E-state index contributed by atoms with van der Waals surface area (Å²) in [5.41, 5.74) is 10.3. The molecule has 0 atom stereocenters. The van der Waals surface area contributed by atoms with Crippen LogP contribution in [0.4, 0.5) is 0 Å². The van der Waals surface area contributed by atoms with Crippen LogP contribution in [0.2, 0.25) is 5.25 Å². The molecule has 2 heteroatoms. The van der Waals surface area contributed by atoms with Crippen LogP contribution < -0.4 is 8.79 Å². The summed E-state index contributed by atoms with van der Waals surface area (Å²) in [7, 11) is 0. The first-order chi connectivity index (χ1) is 16.3. The van der Waals surface area contributed by atoms with Gasteiger partial charge in [-0.05, 0) is 0 Å². The Balaban J connectivity index is 0.00000507. The second-order valence-corrected chi connectivity index (χ2v) is 22.5. The second-order valence-electron chi connectivity index (χ2n) is 17.7. The standard InChI is InChI=1S/C36H57Ge.H2O/c1-31(2,3)23-18-25(33(7,8)9)29(26(19-23)34(10,11)12)37-22-36(16,17)28-21-24(32(4,5)6)20-27(30(28)37)35(13,14)15;/h18-21H,22H2,1-17H3;1H2. The Morgan fingerprint density at radius 3 is 1.13 bits per heavy atom. The van der Waals surface area contributed by atoms with E-state index in [0.29, 0.717) is 0 Å². The summed E-state index contributed by atoms with van der Waals surface area (Å²) in [6.45, 7) is 41.3. The average Bonchev–Trinajstić information content (AvgIpc) is 2.93. The summed E-state index contributed by atoms with van der Waals surface area (Å²) in [6.07, 6.45) is 0. The minimum Gasteiger partial charge on any atom is -0.412 e. The van der Waals surface area contributed by atoms with Gasteiger partial charge in [-0.2, -0.15) is 0 Å². The van der Waals surface area contributed by atoms with E-state index < -0.39 is 14.3 Å². The average molecular weight is 580 g/mol.